The van der Waals surface area contributed by atoms with E-state index >= 15 is 0 Å². The minimum absolute atomic E-state index is 0.276. The summed E-state index contributed by atoms with van der Waals surface area (Å²) in [6.45, 7) is 1.74. The zero-order valence-corrected chi connectivity index (χ0v) is 10.1. The van der Waals surface area contributed by atoms with Crippen LogP contribution in [0.5, 0.6) is 0 Å². The van der Waals surface area contributed by atoms with Gasteiger partial charge in [0.25, 0.3) is 0 Å². The predicted octanol–water partition coefficient (Wildman–Crippen LogP) is 2.16. The van der Waals surface area contributed by atoms with Gasteiger partial charge >= 0.3 is 0 Å². The van der Waals surface area contributed by atoms with Gasteiger partial charge in [-0.15, -0.1) is 11.8 Å². The molecule has 0 atom stereocenters. The fourth-order valence-electron chi connectivity index (χ4n) is 1.09. The van der Waals surface area contributed by atoms with E-state index in [1.807, 2.05) is 0 Å². The number of methoxy groups -OCH3 is 1. The molecule has 0 saturated carbocycles. The van der Waals surface area contributed by atoms with E-state index in [4.69, 9.17) is 15.2 Å². The second-order valence-electron chi connectivity index (χ2n) is 3.14. The number of nitrogens with two attached hydrogens (primary N) is 1. The minimum atomic E-state index is -0.276. The van der Waals surface area contributed by atoms with Crippen LogP contribution >= 0.6 is 11.8 Å². The zero-order valence-electron chi connectivity index (χ0n) is 9.24. The van der Waals surface area contributed by atoms with Crippen molar-refractivity contribution in [3.63, 3.8) is 0 Å². The van der Waals surface area contributed by atoms with E-state index in [2.05, 4.69) is 0 Å². The van der Waals surface area contributed by atoms with Gasteiger partial charge in [0.1, 0.15) is 5.82 Å². The topological polar surface area (TPSA) is 44.5 Å². The summed E-state index contributed by atoms with van der Waals surface area (Å²) in [5, 5.41) is 0. The Kier molecular flexibility index (Phi) is 6.22. The third kappa shape index (κ3) is 4.83. The van der Waals surface area contributed by atoms with Crippen molar-refractivity contribution in [3.8, 4) is 0 Å². The van der Waals surface area contributed by atoms with Crippen LogP contribution in [-0.4, -0.2) is 32.7 Å². The van der Waals surface area contributed by atoms with Gasteiger partial charge in [0.2, 0.25) is 0 Å². The first-order chi connectivity index (χ1) is 7.74. The van der Waals surface area contributed by atoms with E-state index in [1.54, 1.807) is 19.2 Å². The van der Waals surface area contributed by atoms with E-state index < -0.39 is 0 Å². The summed E-state index contributed by atoms with van der Waals surface area (Å²) >= 11 is 1.42. The number of hydrogen-bond donors (Lipinski definition) is 1. The maximum absolute atomic E-state index is 13.3. The number of halogens is 1. The normalized spacial score (nSPS) is 10.6. The molecule has 0 bridgehead atoms. The highest BCUT2D eigenvalue weighted by molar-refractivity contribution is 7.99. The van der Waals surface area contributed by atoms with Crippen LogP contribution in [0.4, 0.5) is 10.1 Å². The monoisotopic (exact) mass is 245 g/mol. The standard InChI is InChI=1S/C11H16FNO2S/c1-14-4-5-15-6-7-16-11-3-2-9(13)8-10(11)12/h2-3,8H,4-7,13H2,1H3. The van der Waals surface area contributed by atoms with Crippen molar-refractivity contribution in [2.24, 2.45) is 0 Å². The highest BCUT2D eigenvalue weighted by atomic mass is 32.2. The van der Waals surface area contributed by atoms with Gasteiger partial charge in [-0.25, -0.2) is 4.39 Å². The molecule has 1 rings (SSSR count). The van der Waals surface area contributed by atoms with Gasteiger partial charge in [-0.3, -0.25) is 0 Å². The summed E-state index contributed by atoms with van der Waals surface area (Å²) < 4.78 is 23.4. The van der Waals surface area contributed by atoms with Crippen molar-refractivity contribution in [3.05, 3.63) is 24.0 Å². The predicted molar refractivity (Wildman–Crippen MR) is 64.2 cm³/mol. The molecular formula is C11H16FNO2S. The maximum Gasteiger partial charge on any atom is 0.138 e. The number of anilines is 1. The van der Waals surface area contributed by atoms with Crippen LogP contribution in [-0.2, 0) is 9.47 Å². The average molecular weight is 245 g/mol. The Morgan fingerprint density at radius 1 is 1.31 bits per heavy atom. The first kappa shape index (κ1) is 13.3. The van der Waals surface area contributed by atoms with Gasteiger partial charge in [0, 0.05) is 23.4 Å². The van der Waals surface area contributed by atoms with Gasteiger partial charge in [-0.1, -0.05) is 0 Å². The fraction of sp³-hybridized carbons (Fsp3) is 0.455. The van der Waals surface area contributed by atoms with E-state index in [0.29, 0.717) is 36.2 Å². The van der Waals surface area contributed by atoms with Crippen molar-refractivity contribution in [2.75, 3.05) is 38.4 Å². The molecule has 90 valence electrons. The molecule has 0 radical (unpaired) electrons. The maximum atomic E-state index is 13.3. The summed E-state index contributed by atoms with van der Waals surface area (Å²) in [6.07, 6.45) is 0. The molecule has 1 aromatic rings. The van der Waals surface area contributed by atoms with Crippen LogP contribution < -0.4 is 5.73 Å². The van der Waals surface area contributed by atoms with Gasteiger partial charge in [-0.2, -0.15) is 0 Å². The molecule has 0 spiro atoms. The second kappa shape index (κ2) is 7.49. The third-order valence-electron chi connectivity index (χ3n) is 1.87. The third-order valence-corrected chi connectivity index (χ3v) is 2.89. The molecule has 0 saturated heterocycles. The molecule has 0 aliphatic carbocycles. The van der Waals surface area contributed by atoms with Crippen LogP contribution in [0.2, 0.25) is 0 Å². The molecular weight excluding hydrogens is 229 g/mol. The van der Waals surface area contributed by atoms with Crippen LogP contribution in [0.15, 0.2) is 23.1 Å². The van der Waals surface area contributed by atoms with Crippen molar-refractivity contribution in [1.82, 2.24) is 0 Å². The Balaban J connectivity index is 2.21. The molecule has 3 nitrogen and oxygen atoms in total. The Bertz CT molecular complexity index is 323. The largest absolute Gasteiger partial charge is 0.399 e. The van der Waals surface area contributed by atoms with Crippen molar-refractivity contribution >= 4 is 17.4 Å². The lowest BCUT2D eigenvalue weighted by Gasteiger charge is -2.05. The fourth-order valence-corrected chi connectivity index (χ4v) is 1.87. The van der Waals surface area contributed by atoms with Gasteiger partial charge in [-0.05, 0) is 18.2 Å². The van der Waals surface area contributed by atoms with Crippen LogP contribution in [0.25, 0.3) is 0 Å². The first-order valence-electron chi connectivity index (χ1n) is 4.98. The lowest BCUT2D eigenvalue weighted by atomic mass is 10.3. The Morgan fingerprint density at radius 3 is 2.81 bits per heavy atom. The number of benzene rings is 1. The molecule has 2 N–H and O–H groups in total. The van der Waals surface area contributed by atoms with E-state index in [0.717, 1.165) is 0 Å². The average Bonchev–Trinajstić information content (AvgIpc) is 2.26. The summed E-state index contributed by atoms with van der Waals surface area (Å²) in [6, 6.07) is 4.70. The SMILES string of the molecule is COCCOCCSc1ccc(N)cc1F. The van der Waals surface area contributed by atoms with Crippen LogP contribution in [0.3, 0.4) is 0 Å². The zero-order chi connectivity index (χ0) is 11.8. The van der Waals surface area contributed by atoms with Crippen molar-refractivity contribution in [2.45, 2.75) is 4.90 Å². The second-order valence-corrected chi connectivity index (χ2v) is 4.28. The molecule has 0 aromatic heterocycles. The molecule has 16 heavy (non-hydrogen) atoms. The van der Waals surface area contributed by atoms with Gasteiger partial charge in [0.15, 0.2) is 0 Å². The number of hydrogen-bond acceptors (Lipinski definition) is 4. The number of thioether (sulfide) groups is 1. The lowest BCUT2D eigenvalue weighted by molar-refractivity contribution is 0.0790. The van der Waals surface area contributed by atoms with E-state index in [-0.39, 0.29) is 5.82 Å². The first-order valence-corrected chi connectivity index (χ1v) is 5.97. The van der Waals surface area contributed by atoms with Gasteiger partial charge < -0.3 is 15.2 Å². The molecule has 1 aromatic carbocycles. The van der Waals surface area contributed by atoms with E-state index in [1.165, 1.54) is 17.8 Å². The Labute approximate surface area is 99.1 Å². The number of ether oxygens (including phenoxy) is 2. The van der Waals surface area contributed by atoms with Crippen molar-refractivity contribution in [1.29, 1.82) is 0 Å². The number of nitrogen functional groups attached to an aromatic ring is 1. The summed E-state index contributed by atoms with van der Waals surface area (Å²) in [5.41, 5.74) is 5.89. The smallest absolute Gasteiger partial charge is 0.138 e. The van der Waals surface area contributed by atoms with E-state index in [9.17, 15) is 4.39 Å². The van der Waals surface area contributed by atoms with Crippen LogP contribution in [0, 0.1) is 5.82 Å². The molecule has 0 aliphatic heterocycles. The molecule has 0 heterocycles. The molecule has 5 heteroatoms. The number of rotatable bonds is 7. The highest BCUT2D eigenvalue weighted by Crippen LogP contribution is 2.23. The molecule has 0 fully saturated rings. The van der Waals surface area contributed by atoms with Crippen LogP contribution in [0.1, 0.15) is 0 Å². The van der Waals surface area contributed by atoms with Crippen molar-refractivity contribution < 1.29 is 13.9 Å². The highest BCUT2D eigenvalue weighted by Gasteiger charge is 2.02. The summed E-state index contributed by atoms with van der Waals surface area (Å²) in [4.78, 5) is 0.601. The molecule has 0 aliphatic rings. The molecule has 0 unspecified atom stereocenters. The Morgan fingerprint density at radius 2 is 2.12 bits per heavy atom. The minimum Gasteiger partial charge on any atom is -0.399 e. The van der Waals surface area contributed by atoms with Gasteiger partial charge in [0.05, 0.1) is 19.8 Å². The molecule has 0 amide bonds. The summed E-state index contributed by atoms with van der Waals surface area (Å²) in [5.74, 6) is 0.437. The lowest BCUT2D eigenvalue weighted by Crippen LogP contribution is -2.04. The Hall–Kier alpha value is -0.780. The summed E-state index contributed by atoms with van der Waals surface area (Å²) in [7, 11) is 1.63. The quantitative estimate of drug-likeness (QED) is 0.454.